The van der Waals surface area contributed by atoms with Gasteiger partial charge >= 0.3 is 0 Å². The molecule has 3 heterocycles. The SMILES string of the molecule is COc1cc(OC)c(NC(=O)c2cc(-c3cc(C)sc3C)nc3onc(C)c23)cc1Cl. The Morgan fingerprint density at radius 1 is 1.10 bits per heavy atom. The zero-order chi connectivity index (χ0) is 22.3. The van der Waals surface area contributed by atoms with Crippen molar-refractivity contribution in [2.45, 2.75) is 20.8 Å². The second kappa shape index (κ2) is 8.20. The van der Waals surface area contributed by atoms with E-state index in [-0.39, 0.29) is 5.91 Å². The summed E-state index contributed by atoms with van der Waals surface area (Å²) < 4.78 is 16.0. The molecule has 0 aliphatic rings. The third-order valence-corrected chi connectivity index (χ3v) is 6.16. The first-order valence-electron chi connectivity index (χ1n) is 9.39. The van der Waals surface area contributed by atoms with Gasteiger partial charge in [-0.3, -0.25) is 4.79 Å². The number of amides is 1. The molecule has 0 aliphatic carbocycles. The number of methoxy groups -OCH3 is 2. The van der Waals surface area contributed by atoms with Crippen LogP contribution in [0, 0.1) is 20.8 Å². The highest BCUT2D eigenvalue weighted by molar-refractivity contribution is 7.12. The van der Waals surface area contributed by atoms with Gasteiger partial charge in [-0.05, 0) is 39.0 Å². The van der Waals surface area contributed by atoms with Gasteiger partial charge in [-0.1, -0.05) is 16.8 Å². The first kappa shape index (κ1) is 21.1. The quantitative estimate of drug-likeness (QED) is 0.407. The highest BCUT2D eigenvalue weighted by Gasteiger charge is 2.22. The van der Waals surface area contributed by atoms with Gasteiger partial charge in [0, 0.05) is 21.4 Å². The number of carbonyl (C=O) groups excluding carboxylic acids is 1. The van der Waals surface area contributed by atoms with E-state index in [4.69, 9.17) is 25.6 Å². The Hall–Kier alpha value is -3.10. The van der Waals surface area contributed by atoms with E-state index in [1.54, 1.807) is 36.5 Å². The number of halogens is 1. The molecule has 0 aliphatic heterocycles. The van der Waals surface area contributed by atoms with Crippen LogP contribution in [0.5, 0.6) is 11.5 Å². The number of nitrogens with zero attached hydrogens (tertiary/aromatic N) is 2. The predicted octanol–water partition coefficient (Wildman–Crippen LogP) is 5.80. The van der Waals surface area contributed by atoms with Crippen LogP contribution in [0.15, 0.2) is 28.8 Å². The molecule has 0 unspecified atom stereocenters. The van der Waals surface area contributed by atoms with Crippen LogP contribution in [0.1, 0.15) is 25.8 Å². The molecule has 160 valence electrons. The summed E-state index contributed by atoms with van der Waals surface area (Å²) in [5, 5.41) is 7.79. The molecule has 0 saturated heterocycles. The maximum Gasteiger partial charge on any atom is 0.259 e. The number of benzene rings is 1. The van der Waals surface area contributed by atoms with Gasteiger partial charge in [0.1, 0.15) is 11.5 Å². The van der Waals surface area contributed by atoms with E-state index in [1.165, 1.54) is 14.2 Å². The zero-order valence-corrected chi connectivity index (χ0v) is 19.2. The fourth-order valence-electron chi connectivity index (χ4n) is 3.44. The molecular weight excluding hydrogens is 438 g/mol. The second-order valence-electron chi connectivity index (χ2n) is 6.97. The lowest BCUT2D eigenvalue weighted by Gasteiger charge is -2.14. The molecule has 31 heavy (non-hydrogen) atoms. The topological polar surface area (TPSA) is 86.5 Å². The second-order valence-corrected chi connectivity index (χ2v) is 8.84. The Labute approximate surface area is 187 Å². The molecule has 1 aromatic carbocycles. The maximum absolute atomic E-state index is 13.4. The molecule has 0 spiro atoms. The third kappa shape index (κ3) is 3.84. The summed E-state index contributed by atoms with van der Waals surface area (Å²) in [6.07, 6.45) is 0. The normalized spacial score (nSPS) is 11.0. The summed E-state index contributed by atoms with van der Waals surface area (Å²) in [7, 11) is 3.02. The molecule has 9 heteroatoms. The highest BCUT2D eigenvalue weighted by Crippen LogP contribution is 2.37. The van der Waals surface area contributed by atoms with E-state index < -0.39 is 0 Å². The number of anilines is 1. The van der Waals surface area contributed by atoms with Crippen LogP contribution < -0.4 is 14.8 Å². The van der Waals surface area contributed by atoms with Crippen LogP contribution in [0.25, 0.3) is 22.4 Å². The van der Waals surface area contributed by atoms with Gasteiger partial charge in [-0.15, -0.1) is 11.3 Å². The van der Waals surface area contributed by atoms with Crippen LogP contribution >= 0.6 is 22.9 Å². The molecule has 1 N–H and O–H groups in total. The summed E-state index contributed by atoms with van der Waals surface area (Å²) >= 11 is 7.92. The Morgan fingerprint density at radius 2 is 1.84 bits per heavy atom. The molecule has 0 saturated carbocycles. The number of nitrogens with one attached hydrogen (secondary N) is 1. The van der Waals surface area contributed by atoms with Gasteiger partial charge < -0.3 is 19.3 Å². The zero-order valence-electron chi connectivity index (χ0n) is 17.6. The van der Waals surface area contributed by atoms with Gasteiger partial charge in [-0.25, -0.2) is 4.98 Å². The lowest BCUT2D eigenvalue weighted by molar-refractivity contribution is 0.102. The molecule has 1 amide bonds. The van der Waals surface area contributed by atoms with Crippen LogP contribution in [-0.4, -0.2) is 30.3 Å². The molecule has 0 atom stereocenters. The average molecular weight is 458 g/mol. The van der Waals surface area contributed by atoms with Crippen molar-refractivity contribution in [3.8, 4) is 22.8 Å². The van der Waals surface area contributed by atoms with Crippen molar-refractivity contribution in [1.82, 2.24) is 10.1 Å². The smallest absolute Gasteiger partial charge is 0.259 e. The van der Waals surface area contributed by atoms with Crippen LogP contribution in [-0.2, 0) is 0 Å². The number of aromatic nitrogens is 2. The van der Waals surface area contributed by atoms with Crippen LogP contribution in [0.4, 0.5) is 5.69 Å². The monoisotopic (exact) mass is 457 g/mol. The predicted molar refractivity (Wildman–Crippen MR) is 122 cm³/mol. The Morgan fingerprint density at radius 3 is 2.48 bits per heavy atom. The van der Waals surface area contributed by atoms with Crippen molar-refractivity contribution in [3.63, 3.8) is 0 Å². The van der Waals surface area contributed by atoms with Gasteiger partial charge in [-0.2, -0.15) is 0 Å². The summed E-state index contributed by atoms with van der Waals surface area (Å²) in [5.41, 5.74) is 3.31. The number of aryl methyl sites for hydroxylation is 3. The standard InChI is InChI=1S/C22H20ClN3O4S/c1-10-6-13(12(3)31-10)16-7-14(20-11(2)26-30-22(20)25-16)21(27)24-17-8-15(23)18(28-4)9-19(17)29-5/h6-9H,1-5H3,(H,24,27). The van der Waals surface area contributed by atoms with Gasteiger partial charge in [0.05, 0.1) is 47.3 Å². The van der Waals surface area contributed by atoms with Crippen LogP contribution in [0.3, 0.4) is 0 Å². The molecule has 0 bridgehead atoms. The van der Waals surface area contributed by atoms with Gasteiger partial charge in [0.2, 0.25) is 0 Å². The van der Waals surface area contributed by atoms with Crippen LogP contribution in [0.2, 0.25) is 5.02 Å². The largest absolute Gasteiger partial charge is 0.495 e. The Balaban J connectivity index is 1.82. The molecule has 4 rings (SSSR count). The number of hydrogen-bond acceptors (Lipinski definition) is 7. The number of thiophene rings is 1. The van der Waals surface area contributed by atoms with Crippen molar-refractivity contribution in [3.05, 3.63) is 50.3 Å². The molecule has 3 aromatic heterocycles. The van der Waals surface area contributed by atoms with E-state index in [1.807, 2.05) is 19.9 Å². The fourth-order valence-corrected chi connectivity index (χ4v) is 4.62. The van der Waals surface area contributed by atoms with Gasteiger partial charge in [0.15, 0.2) is 0 Å². The third-order valence-electron chi connectivity index (χ3n) is 4.90. The van der Waals surface area contributed by atoms with Crippen molar-refractivity contribution in [2.24, 2.45) is 0 Å². The number of fused-ring (bicyclic) bond motifs is 1. The number of rotatable bonds is 5. The van der Waals surface area contributed by atoms with Crippen molar-refractivity contribution >= 4 is 45.6 Å². The van der Waals surface area contributed by atoms with Gasteiger partial charge in [0.25, 0.3) is 11.6 Å². The lowest BCUT2D eigenvalue weighted by Crippen LogP contribution is -2.14. The summed E-state index contributed by atoms with van der Waals surface area (Å²) in [5.74, 6) is 0.513. The number of ether oxygens (including phenoxy) is 2. The van der Waals surface area contributed by atoms with E-state index in [2.05, 4.69) is 15.5 Å². The summed E-state index contributed by atoms with van der Waals surface area (Å²) in [4.78, 5) is 20.2. The first-order valence-corrected chi connectivity index (χ1v) is 10.6. The molecule has 0 fully saturated rings. The molecular formula is C22H20ClN3O4S. The van der Waals surface area contributed by atoms with E-state index in [0.29, 0.717) is 50.3 Å². The minimum Gasteiger partial charge on any atom is -0.495 e. The van der Waals surface area contributed by atoms with E-state index >= 15 is 0 Å². The molecule has 7 nitrogen and oxygen atoms in total. The first-order chi connectivity index (χ1) is 14.8. The number of hydrogen-bond donors (Lipinski definition) is 1. The molecule has 0 radical (unpaired) electrons. The molecule has 4 aromatic rings. The maximum atomic E-state index is 13.4. The van der Waals surface area contributed by atoms with E-state index in [9.17, 15) is 4.79 Å². The fraction of sp³-hybridized carbons (Fsp3) is 0.227. The van der Waals surface area contributed by atoms with E-state index in [0.717, 1.165) is 15.3 Å². The Kier molecular flexibility index (Phi) is 5.60. The minimum atomic E-state index is -0.357. The van der Waals surface area contributed by atoms with Crippen molar-refractivity contribution in [2.75, 3.05) is 19.5 Å². The number of pyridine rings is 1. The number of carbonyl (C=O) groups is 1. The average Bonchev–Trinajstić information content (AvgIpc) is 3.28. The van der Waals surface area contributed by atoms with Crippen molar-refractivity contribution in [1.29, 1.82) is 0 Å². The summed E-state index contributed by atoms with van der Waals surface area (Å²) in [6, 6.07) is 7.01. The highest BCUT2D eigenvalue weighted by atomic mass is 35.5. The minimum absolute atomic E-state index is 0.308. The summed E-state index contributed by atoms with van der Waals surface area (Å²) in [6.45, 7) is 5.83. The Bertz CT molecular complexity index is 1310. The lowest BCUT2D eigenvalue weighted by atomic mass is 10.1. The van der Waals surface area contributed by atoms with Crippen molar-refractivity contribution < 1.29 is 18.8 Å².